The van der Waals surface area contributed by atoms with Crippen molar-refractivity contribution in [1.29, 1.82) is 0 Å². The van der Waals surface area contributed by atoms with Crippen LogP contribution in [0.5, 0.6) is 0 Å². The predicted molar refractivity (Wildman–Crippen MR) is 67.8 cm³/mol. The molecule has 1 fully saturated rings. The summed E-state index contributed by atoms with van der Waals surface area (Å²) < 4.78 is 11.0. The Morgan fingerprint density at radius 3 is 2.78 bits per heavy atom. The van der Waals surface area contributed by atoms with Gasteiger partial charge in [-0.25, -0.2) is 0 Å². The van der Waals surface area contributed by atoms with Gasteiger partial charge in [0.25, 0.3) is 0 Å². The lowest BCUT2D eigenvalue weighted by atomic mass is 9.97. The minimum atomic E-state index is -0.492. The third kappa shape index (κ3) is 2.72. The molecular weight excluding hydrogens is 230 g/mol. The van der Waals surface area contributed by atoms with Crippen LogP contribution in [0.3, 0.4) is 0 Å². The van der Waals surface area contributed by atoms with Crippen molar-refractivity contribution in [3.05, 3.63) is 11.7 Å². The van der Waals surface area contributed by atoms with Crippen molar-refractivity contribution in [2.45, 2.75) is 58.1 Å². The van der Waals surface area contributed by atoms with E-state index in [9.17, 15) is 0 Å². The third-order valence-electron chi connectivity index (χ3n) is 3.53. The lowest BCUT2D eigenvalue weighted by molar-refractivity contribution is 0.0477. The summed E-state index contributed by atoms with van der Waals surface area (Å²) in [6.07, 6.45) is 4.14. The molecule has 5 nitrogen and oxygen atoms in total. The van der Waals surface area contributed by atoms with Crippen LogP contribution in [0.15, 0.2) is 4.52 Å². The molecule has 102 valence electrons. The molecule has 0 amide bonds. The second kappa shape index (κ2) is 5.36. The first-order valence-corrected chi connectivity index (χ1v) is 6.84. The van der Waals surface area contributed by atoms with E-state index in [0.717, 1.165) is 25.7 Å². The number of nitrogens with two attached hydrogens (primary N) is 1. The van der Waals surface area contributed by atoms with Gasteiger partial charge in [0.05, 0.1) is 5.54 Å². The molecule has 0 radical (unpaired) electrons. The van der Waals surface area contributed by atoms with Crippen LogP contribution in [0.1, 0.15) is 64.3 Å². The molecule has 1 aliphatic carbocycles. The van der Waals surface area contributed by atoms with Crippen LogP contribution in [-0.2, 0) is 10.3 Å². The molecule has 0 aromatic carbocycles. The van der Waals surface area contributed by atoms with E-state index in [1.54, 1.807) is 0 Å². The van der Waals surface area contributed by atoms with Gasteiger partial charge in [0.1, 0.15) is 6.10 Å². The number of hydrogen-bond acceptors (Lipinski definition) is 5. The summed E-state index contributed by atoms with van der Waals surface area (Å²) in [5.41, 5.74) is 5.78. The number of rotatable bonds is 7. The fraction of sp³-hybridized carbons (Fsp3) is 0.846. The van der Waals surface area contributed by atoms with Crippen LogP contribution >= 0.6 is 0 Å². The summed E-state index contributed by atoms with van der Waals surface area (Å²) in [6.45, 7) is 6.71. The maximum Gasteiger partial charge on any atom is 0.246 e. The van der Waals surface area contributed by atoms with Gasteiger partial charge in [-0.05, 0) is 39.0 Å². The Morgan fingerprint density at radius 1 is 1.50 bits per heavy atom. The molecule has 2 unspecified atom stereocenters. The van der Waals surface area contributed by atoms with Crippen LogP contribution in [0.2, 0.25) is 0 Å². The summed E-state index contributed by atoms with van der Waals surface area (Å²) in [6, 6.07) is 0. The summed E-state index contributed by atoms with van der Waals surface area (Å²) in [7, 11) is 0. The first-order chi connectivity index (χ1) is 8.59. The quantitative estimate of drug-likeness (QED) is 0.808. The zero-order valence-corrected chi connectivity index (χ0v) is 11.5. The topological polar surface area (TPSA) is 74.2 Å². The van der Waals surface area contributed by atoms with Crippen molar-refractivity contribution in [3.63, 3.8) is 0 Å². The second-order valence-electron chi connectivity index (χ2n) is 5.25. The van der Waals surface area contributed by atoms with Gasteiger partial charge in [-0.1, -0.05) is 18.5 Å². The number of ether oxygens (including phenoxy) is 1. The lowest BCUT2D eigenvalue weighted by Crippen LogP contribution is -2.35. The van der Waals surface area contributed by atoms with Gasteiger partial charge in [0.15, 0.2) is 0 Å². The smallest absolute Gasteiger partial charge is 0.246 e. The summed E-state index contributed by atoms with van der Waals surface area (Å²) in [5.74, 6) is 1.65. The zero-order valence-electron chi connectivity index (χ0n) is 11.5. The molecule has 1 aromatic rings. The van der Waals surface area contributed by atoms with Gasteiger partial charge < -0.3 is 15.0 Å². The Bertz CT molecular complexity index is 379. The monoisotopic (exact) mass is 253 g/mol. The molecule has 1 saturated carbocycles. The lowest BCUT2D eigenvalue weighted by Gasteiger charge is -2.18. The van der Waals surface area contributed by atoms with E-state index in [2.05, 4.69) is 17.1 Å². The first-order valence-electron chi connectivity index (χ1n) is 6.84. The fourth-order valence-corrected chi connectivity index (χ4v) is 2.19. The number of hydrogen-bond donors (Lipinski definition) is 1. The van der Waals surface area contributed by atoms with Crippen molar-refractivity contribution in [2.24, 2.45) is 11.7 Å². The maximum atomic E-state index is 6.27. The SMILES string of the molecule is CCCC(OCC)c1noc(C(C)(N)C2CC2)n1. The Labute approximate surface area is 108 Å². The molecule has 1 aliphatic rings. The fourth-order valence-electron chi connectivity index (χ4n) is 2.19. The second-order valence-corrected chi connectivity index (χ2v) is 5.25. The molecule has 0 saturated heterocycles. The van der Waals surface area contributed by atoms with E-state index in [4.69, 9.17) is 15.0 Å². The maximum absolute atomic E-state index is 6.27. The molecule has 0 spiro atoms. The molecule has 18 heavy (non-hydrogen) atoms. The molecule has 5 heteroatoms. The van der Waals surface area contributed by atoms with Gasteiger partial charge >= 0.3 is 0 Å². The van der Waals surface area contributed by atoms with Crippen LogP contribution in [-0.4, -0.2) is 16.7 Å². The normalized spacial score (nSPS) is 20.7. The summed E-state index contributed by atoms with van der Waals surface area (Å²) in [4.78, 5) is 4.45. The molecule has 1 aromatic heterocycles. The van der Waals surface area contributed by atoms with Crippen LogP contribution in [0.25, 0.3) is 0 Å². The van der Waals surface area contributed by atoms with Gasteiger partial charge in [-0.2, -0.15) is 4.98 Å². The Kier molecular flexibility index (Phi) is 4.02. The highest BCUT2D eigenvalue weighted by Gasteiger charge is 2.44. The van der Waals surface area contributed by atoms with Crippen molar-refractivity contribution in [1.82, 2.24) is 10.1 Å². The average molecular weight is 253 g/mol. The highest BCUT2D eigenvalue weighted by atomic mass is 16.5. The molecule has 2 N–H and O–H groups in total. The highest BCUT2D eigenvalue weighted by molar-refractivity contribution is 5.08. The van der Waals surface area contributed by atoms with Gasteiger partial charge in [0.2, 0.25) is 11.7 Å². The van der Waals surface area contributed by atoms with E-state index in [-0.39, 0.29) is 6.10 Å². The molecule has 2 atom stereocenters. The zero-order chi connectivity index (χ0) is 13.2. The van der Waals surface area contributed by atoms with E-state index in [0.29, 0.717) is 24.2 Å². The minimum Gasteiger partial charge on any atom is -0.370 e. The van der Waals surface area contributed by atoms with E-state index >= 15 is 0 Å². The summed E-state index contributed by atoms with van der Waals surface area (Å²) in [5, 5.41) is 4.04. The van der Waals surface area contributed by atoms with Gasteiger partial charge in [-0.15, -0.1) is 0 Å². The highest BCUT2D eigenvalue weighted by Crippen LogP contribution is 2.43. The van der Waals surface area contributed by atoms with E-state index in [1.165, 1.54) is 0 Å². The standard InChI is InChI=1S/C13H23N3O2/c1-4-6-10(17-5-2)11-15-12(18-16-11)13(3,14)9-7-8-9/h9-10H,4-8,14H2,1-3H3. The van der Waals surface area contributed by atoms with Crippen molar-refractivity contribution < 1.29 is 9.26 Å². The van der Waals surface area contributed by atoms with Crippen LogP contribution < -0.4 is 5.73 Å². The van der Waals surface area contributed by atoms with Crippen molar-refractivity contribution in [3.8, 4) is 0 Å². The number of nitrogens with zero attached hydrogens (tertiary/aromatic N) is 2. The number of aromatic nitrogens is 2. The minimum absolute atomic E-state index is 0.0764. The van der Waals surface area contributed by atoms with Crippen molar-refractivity contribution >= 4 is 0 Å². The van der Waals surface area contributed by atoms with Crippen LogP contribution in [0, 0.1) is 5.92 Å². The van der Waals surface area contributed by atoms with E-state index in [1.807, 2.05) is 13.8 Å². The summed E-state index contributed by atoms with van der Waals surface area (Å²) >= 11 is 0. The van der Waals surface area contributed by atoms with Gasteiger partial charge in [0, 0.05) is 6.61 Å². The Balaban J connectivity index is 2.12. The largest absolute Gasteiger partial charge is 0.370 e. The van der Waals surface area contributed by atoms with Gasteiger partial charge in [-0.3, -0.25) is 0 Å². The molecule has 0 bridgehead atoms. The van der Waals surface area contributed by atoms with E-state index < -0.39 is 5.54 Å². The molecular formula is C13H23N3O2. The average Bonchev–Trinajstić information content (AvgIpc) is 3.07. The first kappa shape index (κ1) is 13.5. The Morgan fingerprint density at radius 2 is 2.22 bits per heavy atom. The van der Waals surface area contributed by atoms with Crippen LogP contribution in [0.4, 0.5) is 0 Å². The Hall–Kier alpha value is -0.940. The predicted octanol–water partition coefficient (Wildman–Crippen LogP) is 2.53. The molecule has 0 aliphatic heterocycles. The molecule has 1 heterocycles. The molecule has 2 rings (SSSR count). The van der Waals surface area contributed by atoms with Crippen molar-refractivity contribution in [2.75, 3.05) is 6.61 Å². The third-order valence-corrected chi connectivity index (χ3v) is 3.53.